The van der Waals surface area contributed by atoms with Crippen LogP contribution in [0.2, 0.25) is 0 Å². The van der Waals surface area contributed by atoms with Crippen LogP contribution in [0.5, 0.6) is 0 Å². The molecule has 0 aliphatic heterocycles. The third-order valence-corrected chi connectivity index (χ3v) is 9.42. The third-order valence-electron chi connectivity index (χ3n) is 6.41. The van der Waals surface area contributed by atoms with Crippen LogP contribution in [-0.2, 0) is 0 Å². The van der Waals surface area contributed by atoms with Gasteiger partial charge in [0.1, 0.15) is 0 Å². The van der Waals surface area contributed by atoms with Crippen LogP contribution < -0.4 is 10.6 Å². The van der Waals surface area contributed by atoms with Crippen molar-refractivity contribution in [2.45, 2.75) is 51.1 Å². The highest BCUT2D eigenvalue weighted by atomic mass is 31.1. The summed E-state index contributed by atoms with van der Waals surface area (Å²) in [5, 5.41) is 3.17. The summed E-state index contributed by atoms with van der Waals surface area (Å²) in [4.78, 5) is 0. The lowest BCUT2D eigenvalue weighted by Crippen LogP contribution is -2.29. The highest BCUT2D eigenvalue weighted by Gasteiger charge is 2.42. The van der Waals surface area contributed by atoms with E-state index in [1.54, 1.807) is 10.6 Å². The minimum Gasteiger partial charge on any atom is -0.0622 e. The zero-order valence-electron chi connectivity index (χ0n) is 14.8. The summed E-state index contributed by atoms with van der Waals surface area (Å²) in [5.74, 6) is 2.88. The molecule has 2 aromatic carbocycles. The van der Waals surface area contributed by atoms with Crippen molar-refractivity contribution < 1.29 is 0 Å². The van der Waals surface area contributed by atoms with Crippen LogP contribution in [0, 0.1) is 17.8 Å². The second kappa shape index (κ2) is 7.40. The fraction of sp³-hybridized carbons (Fsp3) is 0.478. The SMILES string of the molecule is CC1CCCC1C1CCCC1P(c1ccccc1)c1ccccc1. The van der Waals surface area contributed by atoms with Crippen molar-refractivity contribution in [1.29, 1.82) is 0 Å². The number of benzene rings is 2. The van der Waals surface area contributed by atoms with Crippen molar-refractivity contribution in [3.63, 3.8) is 0 Å². The lowest BCUT2D eigenvalue weighted by atomic mass is 9.83. The van der Waals surface area contributed by atoms with E-state index in [-0.39, 0.29) is 7.92 Å². The summed E-state index contributed by atoms with van der Waals surface area (Å²) in [6.07, 6.45) is 8.75. The van der Waals surface area contributed by atoms with Crippen LogP contribution in [0.15, 0.2) is 60.7 Å². The average molecular weight is 336 g/mol. The van der Waals surface area contributed by atoms with Crippen LogP contribution in [0.25, 0.3) is 0 Å². The van der Waals surface area contributed by atoms with Gasteiger partial charge in [0.2, 0.25) is 0 Å². The molecule has 4 unspecified atom stereocenters. The van der Waals surface area contributed by atoms with Crippen molar-refractivity contribution in [3.05, 3.63) is 60.7 Å². The fourth-order valence-corrected chi connectivity index (χ4v) is 8.55. The zero-order valence-corrected chi connectivity index (χ0v) is 15.7. The predicted molar refractivity (Wildman–Crippen MR) is 107 cm³/mol. The molecule has 2 aliphatic rings. The van der Waals surface area contributed by atoms with Gasteiger partial charge in [-0.3, -0.25) is 0 Å². The number of rotatable bonds is 4. The summed E-state index contributed by atoms with van der Waals surface area (Å²) in [5.41, 5.74) is 0.885. The Morgan fingerprint density at radius 2 is 1.21 bits per heavy atom. The lowest BCUT2D eigenvalue weighted by molar-refractivity contribution is 0.284. The summed E-state index contributed by atoms with van der Waals surface area (Å²) in [6.45, 7) is 2.51. The van der Waals surface area contributed by atoms with E-state index in [0.717, 1.165) is 23.4 Å². The molecule has 24 heavy (non-hydrogen) atoms. The Morgan fingerprint density at radius 3 is 1.75 bits per heavy atom. The van der Waals surface area contributed by atoms with Crippen molar-refractivity contribution in [2.75, 3.05) is 0 Å². The van der Waals surface area contributed by atoms with Gasteiger partial charge in [-0.15, -0.1) is 0 Å². The molecule has 4 rings (SSSR count). The van der Waals surface area contributed by atoms with Gasteiger partial charge in [0.15, 0.2) is 0 Å². The van der Waals surface area contributed by atoms with E-state index in [1.165, 1.54) is 38.5 Å². The van der Waals surface area contributed by atoms with Crippen LogP contribution in [0.3, 0.4) is 0 Å². The molecule has 2 saturated carbocycles. The van der Waals surface area contributed by atoms with Crippen molar-refractivity contribution >= 4 is 18.5 Å². The first-order valence-corrected chi connectivity index (χ1v) is 11.1. The van der Waals surface area contributed by atoms with E-state index in [0.29, 0.717) is 0 Å². The Labute approximate surface area is 148 Å². The molecule has 126 valence electrons. The van der Waals surface area contributed by atoms with Gasteiger partial charge in [-0.25, -0.2) is 0 Å². The van der Waals surface area contributed by atoms with E-state index < -0.39 is 0 Å². The maximum absolute atomic E-state index is 2.51. The minimum atomic E-state index is -0.226. The fourth-order valence-electron chi connectivity index (χ4n) is 5.31. The molecule has 0 saturated heterocycles. The molecule has 2 aliphatic carbocycles. The molecule has 0 radical (unpaired) electrons. The quantitative estimate of drug-likeness (QED) is 0.626. The van der Waals surface area contributed by atoms with Crippen LogP contribution in [-0.4, -0.2) is 5.66 Å². The van der Waals surface area contributed by atoms with Crippen LogP contribution in [0.4, 0.5) is 0 Å². The van der Waals surface area contributed by atoms with Crippen molar-refractivity contribution in [2.24, 2.45) is 17.8 Å². The first-order valence-electron chi connectivity index (χ1n) is 9.74. The molecule has 4 atom stereocenters. The average Bonchev–Trinajstić information content (AvgIpc) is 3.26. The van der Waals surface area contributed by atoms with E-state index in [4.69, 9.17) is 0 Å². The summed E-state index contributed by atoms with van der Waals surface area (Å²) < 4.78 is 0. The van der Waals surface area contributed by atoms with Gasteiger partial charge >= 0.3 is 0 Å². The Kier molecular flexibility index (Phi) is 5.04. The highest BCUT2D eigenvalue weighted by Crippen LogP contribution is 2.55. The number of hydrogen-bond donors (Lipinski definition) is 0. The van der Waals surface area contributed by atoms with Crippen molar-refractivity contribution in [1.82, 2.24) is 0 Å². The summed E-state index contributed by atoms with van der Waals surface area (Å²) in [6, 6.07) is 22.8. The maximum atomic E-state index is 2.51. The van der Waals surface area contributed by atoms with E-state index in [9.17, 15) is 0 Å². The molecule has 2 fully saturated rings. The van der Waals surface area contributed by atoms with E-state index >= 15 is 0 Å². The van der Waals surface area contributed by atoms with Gasteiger partial charge < -0.3 is 0 Å². The molecule has 0 heterocycles. The number of hydrogen-bond acceptors (Lipinski definition) is 0. The molecule has 0 bridgehead atoms. The molecule has 2 aromatic rings. The van der Waals surface area contributed by atoms with Gasteiger partial charge in [-0.1, -0.05) is 86.8 Å². The lowest BCUT2D eigenvalue weighted by Gasteiger charge is -2.35. The molecule has 0 spiro atoms. The molecule has 0 aromatic heterocycles. The molecular weight excluding hydrogens is 307 g/mol. The van der Waals surface area contributed by atoms with E-state index in [1.807, 2.05) is 0 Å². The molecular formula is C23H29P. The predicted octanol–water partition coefficient (Wildman–Crippen LogP) is 5.72. The Hall–Kier alpha value is -1.13. The largest absolute Gasteiger partial charge is 0.0622 e. The maximum Gasteiger partial charge on any atom is -0.00977 e. The molecule has 0 nitrogen and oxygen atoms in total. The third kappa shape index (κ3) is 3.18. The topological polar surface area (TPSA) is 0 Å². The van der Waals surface area contributed by atoms with Gasteiger partial charge in [0.05, 0.1) is 0 Å². The van der Waals surface area contributed by atoms with E-state index in [2.05, 4.69) is 67.6 Å². The minimum absolute atomic E-state index is 0.226. The Balaban J connectivity index is 1.70. The Bertz CT molecular complexity index is 596. The van der Waals surface area contributed by atoms with Crippen LogP contribution >= 0.6 is 7.92 Å². The Morgan fingerprint density at radius 1 is 0.667 bits per heavy atom. The van der Waals surface area contributed by atoms with Gasteiger partial charge in [-0.05, 0) is 61.2 Å². The molecule has 0 amide bonds. The zero-order chi connectivity index (χ0) is 16.4. The second-order valence-corrected chi connectivity index (χ2v) is 10.2. The smallest absolute Gasteiger partial charge is 0.00977 e. The van der Waals surface area contributed by atoms with Gasteiger partial charge in [0.25, 0.3) is 0 Å². The first kappa shape index (κ1) is 16.3. The monoisotopic (exact) mass is 336 g/mol. The van der Waals surface area contributed by atoms with Crippen molar-refractivity contribution in [3.8, 4) is 0 Å². The second-order valence-electron chi connectivity index (χ2n) is 7.78. The summed E-state index contributed by atoms with van der Waals surface area (Å²) in [7, 11) is -0.226. The van der Waals surface area contributed by atoms with Gasteiger partial charge in [-0.2, -0.15) is 0 Å². The molecule has 0 N–H and O–H groups in total. The summed E-state index contributed by atoms with van der Waals surface area (Å²) >= 11 is 0. The molecule has 1 heteroatoms. The standard InChI is InChI=1S/C23H29P/c1-18-10-8-15-21(18)22-16-9-17-23(22)24(19-11-4-2-5-12-19)20-13-6-3-7-14-20/h2-7,11-14,18,21-23H,8-10,15-17H2,1H3. The van der Waals surface area contributed by atoms with Gasteiger partial charge in [0, 0.05) is 0 Å². The highest BCUT2D eigenvalue weighted by molar-refractivity contribution is 7.73. The normalized spacial score (nSPS) is 30.1. The first-order chi connectivity index (χ1) is 11.8. The van der Waals surface area contributed by atoms with Crippen LogP contribution in [0.1, 0.15) is 45.4 Å².